The van der Waals surface area contributed by atoms with Gasteiger partial charge in [0.1, 0.15) is 0 Å². The van der Waals surface area contributed by atoms with Gasteiger partial charge in [-0.05, 0) is 49.2 Å². The lowest BCUT2D eigenvalue weighted by Gasteiger charge is -2.33. The molecule has 1 aliphatic rings. The number of furan rings is 1. The Labute approximate surface area is 164 Å². The SMILES string of the molecule is COc1cccc2cc(C(=O)Nc3ccc(N4CCCC(OC)C4)cc3)oc12. The number of carbonyl (C=O) groups excluding carboxylic acids is 1. The average molecular weight is 380 g/mol. The van der Waals surface area contributed by atoms with E-state index in [2.05, 4.69) is 10.2 Å². The molecule has 1 unspecified atom stereocenters. The first kappa shape index (κ1) is 18.4. The van der Waals surface area contributed by atoms with Crippen LogP contribution in [-0.2, 0) is 4.74 Å². The minimum Gasteiger partial charge on any atom is -0.493 e. The smallest absolute Gasteiger partial charge is 0.291 e. The molecule has 0 aliphatic carbocycles. The van der Waals surface area contributed by atoms with Crippen LogP contribution in [0.3, 0.4) is 0 Å². The number of methoxy groups -OCH3 is 2. The Bertz CT molecular complexity index is 964. The molecule has 1 amide bonds. The van der Waals surface area contributed by atoms with Gasteiger partial charge in [-0.15, -0.1) is 0 Å². The molecule has 0 radical (unpaired) electrons. The number of para-hydroxylation sites is 1. The molecule has 1 atom stereocenters. The summed E-state index contributed by atoms with van der Waals surface area (Å²) in [5, 5.41) is 3.72. The van der Waals surface area contributed by atoms with E-state index < -0.39 is 0 Å². The van der Waals surface area contributed by atoms with E-state index in [1.165, 1.54) is 0 Å². The van der Waals surface area contributed by atoms with Gasteiger partial charge in [-0.1, -0.05) is 12.1 Å². The second-order valence-electron chi connectivity index (χ2n) is 6.94. The molecule has 1 aromatic heterocycles. The van der Waals surface area contributed by atoms with E-state index in [0.29, 0.717) is 11.3 Å². The largest absolute Gasteiger partial charge is 0.493 e. The van der Waals surface area contributed by atoms with Crippen LogP contribution in [0.1, 0.15) is 23.4 Å². The first-order valence-electron chi connectivity index (χ1n) is 9.43. The van der Waals surface area contributed by atoms with Crippen LogP contribution >= 0.6 is 0 Å². The van der Waals surface area contributed by atoms with Crippen molar-refractivity contribution in [1.82, 2.24) is 0 Å². The second kappa shape index (κ2) is 7.94. The summed E-state index contributed by atoms with van der Waals surface area (Å²) >= 11 is 0. The third-order valence-corrected chi connectivity index (χ3v) is 5.15. The molecule has 1 aliphatic heterocycles. The van der Waals surface area contributed by atoms with E-state index in [1.807, 2.05) is 36.4 Å². The van der Waals surface area contributed by atoms with E-state index in [-0.39, 0.29) is 17.8 Å². The van der Waals surface area contributed by atoms with Crippen LogP contribution in [0.2, 0.25) is 0 Å². The predicted octanol–water partition coefficient (Wildman–Crippen LogP) is 4.31. The monoisotopic (exact) mass is 380 g/mol. The normalized spacial score (nSPS) is 16.9. The van der Waals surface area contributed by atoms with Gasteiger partial charge >= 0.3 is 0 Å². The fourth-order valence-corrected chi connectivity index (χ4v) is 3.62. The zero-order valence-corrected chi connectivity index (χ0v) is 16.1. The van der Waals surface area contributed by atoms with Gasteiger partial charge in [-0.3, -0.25) is 4.79 Å². The van der Waals surface area contributed by atoms with Crippen molar-refractivity contribution in [1.29, 1.82) is 0 Å². The van der Waals surface area contributed by atoms with Gasteiger partial charge in [0.05, 0.1) is 13.2 Å². The van der Waals surface area contributed by atoms with Crippen LogP contribution in [0, 0.1) is 0 Å². The summed E-state index contributed by atoms with van der Waals surface area (Å²) in [4.78, 5) is 14.9. The summed E-state index contributed by atoms with van der Waals surface area (Å²) in [5.41, 5.74) is 2.43. The quantitative estimate of drug-likeness (QED) is 0.715. The summed E-state index contributed by atoms with van der Waals surface area (Å²) in [5.74, 6) is 0.572. The molecule has 1 N–H and O–H groups in total. The Morgan fingerprint density at radius 2 is 2.00 bits per heavy atom. The molecule has 6 heteroatoms. The molecule has 28 heavy (non-hydrogen) atoms. The number of nitrogens with zero attached hydrogens (tertiary/aromatic N) is 1. The van der Waals surface area contributed by atoms with E-state index >= 15 is 0 Å². The molecule has 146 valence electrons. The first-order chi connectivity index (χ1) is 13.7. The van der Waals surface area contributed by atoms with Crippen LogP contribution in [0.25, 0.3) is 11.0 Å². The molecule has 3 aromatic rings. The summed E-state index contributed by atoms with van der Waals surface area (Å²) in [6.07, 6.45) is 2.49. The first-order valence-corrected chi connectivity index (χ1v) is 9.43. The second-order valence-corrected chi connectivity index (χ2v) is 6.94. The standard InChI is InChI=1S/C22H24N2O4/c1-26-18-6-4-12-24(14-18)17-10-8-16(9-11-17)23-22(25)20-13-15-5-3-7-19(27-2)21(15)28-20/h3,5,7-11,13,18H,4,6,12,14H2,1-2H3,(H,23,25). The number of nitrogens with one attached hydrogen (secondary N) is 1. The Kier molecular flexibility index (Phi) is 5.21. The minimum absolute atomic E-state index is 0.252. The highest BCUT2D eigenvalue weighted by atomic mass is 16.5. The molecular weight excluding hydrogens is 356 g/mol. The van der Waals surface area contributed by atoms with Gasteiger partial charge in [0.15, 0.2) is 17.1 Å². The molecule has 1 saturated heterocycles. The van der Waals surface area contributed by atoms with Crippen LogP contribution < -0.4 is 15.0 Å². The van der Waals surface area contributed by atoms with Gasteiger partial charge in [0.25, 0.3) is 5.91 Å². The number of piperidine rings is 1. The summed E-state index contributed by atoms with van der Waals surface area (Å²) in [7, 11) is 3.34. The number of carbonyl (C=O) groups is 1. The predicted molar refractivity (Wildman–Crippen MR) is 109 cm³/mol. The minimum atomic E-state index is -0.288. The number of rotatable bonds is 5. The summed E-state index contributed by atoms with van der Waals surface area (Å²) in [6, 6.07) is 15.1. The number of hydrogen-bond donors (Lipinski definition) is 1. The van der Waals surface area contributed by atoms with Gasteiger partial charge in [-0.2, -0.15) is 0 Å². The van der Waals surface area contributed by atoms with Gasteiger partial charge in [0, 0.05) is 37.0 Å². The molecule has 0 spiro atoms. The van der Waals surface area contributed by atoms with Crippen molar-refractivity contribution in [2.75, 3.05) is 37.5 Å². The van der Waals surface area contributed by atoms with E-state index in [9.17, 15) is 4.79 Å². The molecule has 1 fully saturated rings. The van der Waals surface area contributed by atoms with Gasteiger partial charge < -0.3 is 24.1 Å². The fourth-order valence-electron chi connectivity index (χ4n) is 3.62. The third kappa shape index (κ3) is 3.68. The molecule has 6 nitrogen and oxygen atoms in total. The van der Waals surface area contributed by atoms with Crippen molar-refractivity contribution in [3.63, 3.8) is 0 Å². The molecule has 2 heterocycles. The van der Waals surface area contributed by atoms with Crippen LogP contribution in [0.5, 0.6) is 5.75 Å². The number of fused-ring (bicyclic) bond motifs is 1. The van der Waals surface area contributed by atoms with Crippen molar-refractivity contribution < 1.29 is 18.7 Å². The number of anilines is 2. The third-order valence-electron chi connectivity index (χ3n) is 5.15. The lowest BCUT2D eigenvalue weighted by atomic mass is 10.1. The van der Waals surface area contributed by atoms with Gasteiger partial charge in [0.2, 0.25) is 0 Å². The number of benzene rings is 2. The maximum absolute atomic E-state index is 12.6. The topological polar surface area (TPSA) is 63.9 Å². The zero-order chi connectivity index (χ0) is 19.5. The number of ether oxygens (including phenoxy) is 2. The van der Waals surface area contributed by atoms with Crippen LogP contribution in [0.15, 0.2) is 52.9 Å². The maximum atomic E-state index is 12.6. The lowest BCUT2D eigenvalue weighted by molar-refractivity contribution is 0.0893. The molecule has 0 bridgehead atoms. The fraction of sp³-hybridized carbons (Fsp3) is 0.318. The number of hydrogen-bond acceptors (Lipinski definition) is 5. The van der Waals surface area contributed by atoms with Crippen molar-refractivity contribution in [3.8, 4) is 5.75 Å². The van der Waals surface area contributed by atoms with Crippen LogP contribution in [-0.4, -0.2) is 39.3 Å². The molecular formula is C22H24N2O4. The molecule has 2 aromatic carbocycles. The van der Waals surface area contributed by atoms with Crippen molar-refractivity contribution in [2.24, 2.45) is 0 Å². The Hall–Kier alpha value is -2.99. The van der Waals surface area contributed by atoms with Crippen molar-refractivity contribution >= 4 is 28.3 Å². The molecule has 0 saturated carbocycles. The summed E-state index contributed by atoms with van der Waals surface area (Å²) in [6.45, 7) is 1.91. The van der Waals surface area contributed by atoms with Gasteiger partial charge in [-0.25, -0.2) is 0 Å². The van der Waals surface area contributed by atoms with E-state index in [0.717, 1.165) is 42.7 Å². The Balaban J connectivity index is 1.46. The highest BCUT2D eigenvalue weighted by Crippen LogP contribution is 2.29. The highest BCUT2D eigenvalue weighted by molar-refractivity contribution is 6.05. The molecule has 4 rings (SSSR count). The van der Waals surface area contributed by atoms with Crippen molar-refractivity contribution in [2.45, 2.75) is 18.9 Å². The van der Waals surface area contributed by atoms with Crippen LogP contribution in [0.4, 0.5) is 11.4 Å². The lowest BCUT2D eigenvalue weighted by Crippen LogP contribution is -2.39. The summed E-state index contributed by atoms with van der Waals surface area (Å²) < 4.78 is 16.5. The zero-order valence-electron chi connectivity index (χ0n) is 16.1. The highest BCUT2D eigenvalue weighted by Gasteiger charge is 2.20. The Morgan fingerprint density at radius 1 is 1.18 bits per heavy atom. The maximum Gasteiger partial charge on any atom is 0.291 e. The van der Waals surface area contributed by atoms with Crippen molar-refractivity contribution in [3.05, 3.63) is 54.3 Å². The Morgan fingerprint density at radius 3 is 2.75 bits per heavy atom. The average Bonchev–Trinajstić information content (AvgIpc) is 3.19. The number of amides is 1. The van der Waals surface area contributed by atoms with E-state index in [4.69, 9.17) is 13.9 Å². The van der Waals surface area contributed by atoms with E-state index in [1.54, 1.807) is 26.4 Å².